The summed E-state index contributed by atoms with van der Waals surface area (Å²) in [4.78, 5) is 106. The van der Waals surface area contributed by atoms with Crippen molar-refractivity contribution in [3.63, 3.8) is 0 Å². The van der Waals surface area contributed by atoms with Crippen molar-refractivity contribution in [3.8, 4) is 0 Å². The van der Waals surface area contributed by atoms with Crippen LogP contribution in [-0.2, 0) is 129 Å². The van der Waals surface area contributed by atoms with E-state index < -0.39 is 380 Å². The van der Waals surface area contributed by atoms with E-state index in [1.165, 1.54) is 14.0 Å². The summed E-state index contributed by atoms with van der Waals surface area (Å²) in [5.74, 6) is -10.9. The Morgan fingerprint density at radius 3 is 1.78 bits per heavy atom. The summed E-state index contributed by atoms with van der Waals surface area (Å²) in [6.07, 6.45) is -65.0. The second kappa shape index (κ2) is 44.4. The minimum Gasteiger partial charge on any atom is -0.462 e. The van der Waals surface area contributed by atoms with E-state index in [4.69, 9.17) is 85.4 Å². The number of ether oxygens (including phenoxy) is 17. The smallest absolute Gasteiger partial charge is 0.364 e. The summed E-state index contributed by atoms with van der Waals surface area (Å²) in [5, 5.41) is 211. The number of allylic oxidation sites excluding steroid dienone is 2. The number of rotatable bonds is 35. The molecular formula is C91H143NO47S. The van der Waals surface area contributed by atoms with Crippen LogP contribution in [0.2, 0.25) is 0 Å². The van der Waals surface area contributed by atoms with Crippen molar-refractivity contribution in [1.82, 2.24) is 5.06 Å². The fourth-order valence-corrected chi connectivity index (χ4v) is 24.7. The summed E-state index contributed by atoms with van der Waals surface area (Å²) < 4.78 is 137. The highest BCUT2D eigenvalue weighted by molar-refractivity contribution is 7.87. The molecule has 2 amide bonds. The number of aliphatic hydroxyl groups is 19. The molecule has 8 heterocycles. The van der Waals surface area contributed by atoms with E-state index in [0.717, 1.165) is 5.57 Å². The molecule has 20 N–H and O–H groups in total. The second-order valence-electron chi connectivity index (χ2n) is 42.2. The van der Waals surface area contributed by atoms with Gasteiger partial charge in [-0.2, -0.15) is 8.42 Å². The van der Waals surface area contributed by atoms with E-state index in [0.29, 0.717) is 32.0 Å². The number of aliphatic hydroxyl groups excluding tert-OH is 19. The van der Waals surface area contributed by atoms with Gasteiger partial charge in [-0.25, -0.2) is 4.79 Å². The monoisotopic (exact) mass is 2030 g/mol. The molecule has 49 heteroatoms. The molecule has 0 bridgehead atoms. The molecule has 12 fully saturated rings. The van der Waals surface area contributed by atoms with Crippen molar-refractivity contribution in [3.05, 3.63) is 11.6 Å². The average Bonchev–Trinajstić information content (AvgIpc) is 0.877. The van der Waals surface area contributed by atoms with E-state index >= 15 is 4.79 Å². The van der Waals surface area contributed by atoms with Gasteiger partial charge in [-0.1, -0.05) is 93.7 Å². The summed E-state index contributed by atoms with van der Waals surface area (Å²) in [7, 11) is -4.09. The van der Waals surface area contributed by atoms with Gasteiger partial charge in [0.25, 0.3) is 21.9 Å². The topological polar surface area (TPSA) is 728 Å². The van der Waals surface area contributed by atoms with Crippen molar-refractivity contribution < 1.29 is 229 Å². The maximum Gasteiger partial charge on any atom is 0.364 e. The van der Waals surface area contributed by atoms with Gasteiger partial charge in [0, 0.05) is 26.4 Å². The van der Waals surface area contributed by atoms with Crippen LogP contribution in [0.1, 0.15) is 185 Å². The minimum absolute atomic E-state index is 0.0261. The Morgan fingerprint density at radius 1 is 0.579 bits per heavy atom. The van der Waals surface area contributed by atoms with Gasteiger partial charge in [0.15, 0.2) is 61.5 Å². The van der Waals surface area contributed by atoms with Gasteiger partial charge in [-0.3, -0.25) is 28.5 Å². The molecule has 13 rings (SSSR count). The Kier molecular flexibility index (Phi) is 35.6. The maximum atomic E-state index is 16.4. The van der Waals surface area contributed by atoms with Crippen molar-refractivity contribution in [2.45, 2.75) is 418 Å². The van der Waals surface area contributed by atoms with Crippen LogP contribution in [0.25, 0.3) is 0 Å². The Balaban J connectivity index is 0.770. The molecular weight excluding hydrogens is 1890 g/mol. The van der Waals surface area contributed by atoms with Crippen LogP contribution in [0.5, 0.6) is 0 Å². The molecule has 35 unspecified atom stereocenters. The molecule has 0 aromatic carbocycles. The van der Waals surface area contributed by atoms with Crippen molar-refractivity contribution in [2.24, 2.45) is 62.1 Å². The third-order valence-corrected chi connectivity index (χ3v) is 34.0. The first kappa shape index (κ1) is 112. The predicted molar refractivity (Wildman–Crippen MR) is 462 cm³/mol. The van der Waals surface area contributed by atoms with Gasteiger partial charge in [0.2, 0.25) is 6.29 Å². The molecule has 140 heavy (non-hydrogen) atoms. The summed E-state index contributed by atoms with van der Waals surface area (Å²) in [6.45, 7) is 17.5. The molecule has 4 saturated carbocycles. The minimum atomic E-state index is -5.32. The summed E-state index contributed by atoms with van der Waals surface area (Å²) in [6, 6.07) is 0. The first-order valence-corrected chi connectivity index (χ1v) is 49.7. The van der Waals surface area contributed by atoms with E-state index in [1.54, 1.807) is 27.7 Å². The zero-order valence-electron chi connectivity index (χ0n) is 80.2. The second-order valence-corrected chi connectivity index (χ2v) is 43.8. The fraction of sp³-hybridized carbons (Fsp3) is 0.901. The van der Waals surface area contributed by atoms with Crippen LogP contribution in [-0.4, -0.2) is 423 Å². The molecule has 13 aliphatic rings. The SMILES string of the molecule is CC[C@H](C)[C@H](C[C@H](O)CC(=O)OC1CC(O)OC(OC(=O)[C@]23CCC(C)(C)CC2C2=CCC4[C@@]5(C)CC[C@H](OC6OC(C(=O)ON7C(=O)CC(S(=O)(=O)O)C7=O)C(O)C(OC7OCC(O)C(O)C7O)C6OC6OC(CO)C(O)C(O)C6O)[C@@](C)(C=O)C5CC[C@@]4(C)[C@]2(C)C[C@H]3O)C1OC1OC(C)C(OC2OCC(O)C(OC)C2O)C(O)C1O)OC(=O)C[C@@H](O)C[C@H](OC1OC(CO)C(O)C1O)[C@@H](C)CC. The van der Waals surface area contributed by atoms with E-state index in [-0.39, 0.29) is 75.4 Å². The van der Waals surface area contributed by atoms with Gasteiger partial charge < -0.3 is 187 Å². The summed E-state index contributed by atoms with van der Waals surface area (Å²) >= 11 is 0. The number of amides is 2. The lowest BCUT2D eigenvalue weighted by atomic mass is 9.33. The number of esters is 3. The maximum absolute atomic E-state index is 16.4. The lowest BCUT2D eigenvalue weighted by Crippen LogP contribution is -2.69. The summed E-state index contributed by atoms with van der Waals surface area (Å²) in [5.41, 5.74) is -6.09. The number of hydrogen-bond donors (Lipinski definition) is 20. The van der Waals surface area contributed by atoms with Gasteiger partial charge in [0.1, 0.15) is 140 Å². The Hall–Kier alpha value is -4.98. The highest BCUT2D eigenvalue weighted by Crippen LogP contribution is 2.76. The number of fused-ring (bicyclic) bond motifs is 7. The number of aldehydes is 1. The molecule has 5 aliphatic carbocycles. The van der Waals surface area contributed by atoms with Gasteiger partial charge in [-0.15, -0.1) is 5.06 Å². The van der Waals surface area contributed by atoms with Gasteiger partial charge in [0.05, 0.1) is 87.7 Å². The number of nitrogens with zero attached hydrogens (tertiary/aromatic N) is 1. The van der Waals surface area contributed by atoms with Crippen molar-refractivity contribution in [2.75, 3.05) is 33.5 Å². The van der Waals surface area contributed by atoms with Crippen LogP contribution < -0.4 is 0 Å². The fourth-order valence-electron chi connectivity index (χ4n) is 24.0. The van der Waals surface area contributed by atoms with Crippen LogP contribution in [0.15, 0.2) is 11.6 Å². The zero-order valence-corrected chi connectivity index (χ0v) is 81.0. The molecule has 0 radical (unpaired) electrons. The molecule has 48 nitrogen and oxygen atoms in total. The van der Waals surface area contributed by atoms with Crippen molar-refractivity contribution in [1.29, 1.82) is 0 Å². The third-order valence-electron chi connectivity index (χ3n) is 32.9. The van der Waals surface area contributed by atoms with E-state index in [2.05, 4.69) is 13.0 Å². The number of imide groups is 1. The Bertz CT molecular complexity index is 4420. The van der Waals surface area contributed by atoms with Crippen LogP contribution >= 0.6 is 0 Å². The number of hydrogen-bond acceptors (Lipinski definition) is 46. The molecule has 0 spiro atoms. The van der Waals surface area contributed by atoms with Crippen molar-refractivity contribution >= 4 is 52.1 Å². The van der Waals surface area contributed by atoms with E-state index in [1.807, 2.05) is 34.6 Å². The van der Waals surface area contributed by atoms with Crippen LogP contribution in [0.3, 0.4) is 0 Å². The highest BCUT2D eigenvalue weighted by atomic mass is 32.2. The number of hydroxylamine groups is 2. The molecule has 8 saturated heterocycles. The molecule has 48 atom stereocenters. The zero-order chi connectivity index (χ0) is 103. The third kappa shape index (κ3) is 21.9. The largest absolute Gasteiger partial charge is 0.462 e. The highest BCUT2D eigenvalue weighted by Gasteiger charge is 2.74. The molecule has 0 aromatic heterocycles. The van der Waals surface area contributed by atoms with E-state index in [9.17, 15) is 139 Å². The lowest BCUT2D eigenvalue weighted by Gasteiger charge is -2.71. The molecule has 800 valence electrons. The Morgan fingerprint density at radius 2 is 1.15 bits per heavy atom. The lowest BCUT2D eigenvalue weighted by molar-refractivity contribution is -0.392. The first-order valence-electron chi connectivity index (χ1n) is 48.2. The van der Waals surface area contributed by atoms with Crippen LogP contribution in [0.4, 0.5) is 0 Å². The number of methoxy groups -OCH3 is 1. The quantitative estimate of drug-likeness (QED) is 0.00537. The predicted octanol–water partition coefficient (Wildman–Crippen LogP) is -5.15. The first-order chi connectivity index (χ1) is 65.6. The Labute approximate surface area is 807 Å². The standard InChI is InChI=1S/C91H143NO47S/c1-13-36(3)45(126-56(102)25-40(97)24-46(37(4)14-2)128-81-65(111)61(107)49(32-94)129-81)23-39(96)26-57(103)127-47-27-58(104)132-83(72(47)134-80-67(113)63(109)70(38(5)125-80)133-79-69(115)71(122-12)44(99)34-124-79)138-85(118)91-22-21-86(6,7)29-42(91)41-15-16-52-87(8)19-18-54(88(9,35-95)51(87)17-20-89(52,10)90(41,11)30-53(91)100)131-84-75(137-82-66(112)62(108)60(106)48(31-93)130-82)73(135-78-64(110)59(105)43(98)33-123-78)68(114)74(136-84)77(117)139-92-55(101)28-50(76(92)116)140(119,120)121/h15,35-40,42-54,58-75,78-84,93-94,96-100,104-115H,13-14,16-34H2,1-12H3,(H,119,120,121)/t36-,37-,38?,39-,40-,42?,43?,44?,45-,46-,47?,48?,49?,50?,51?,52?,53+,54-,58?,59?,60?,61?,62?,63?,64?,65?,66?,67?,68?,69?,70?,71?,72?,73?,74?,75?,78?,79?,80?,81?,82?,83?,84?,87-,88-,89+,90+,91+/m0/s1. The average molecular weight is 2040 g/mol. The van der Waals surface area contributed by atoms with Gasteiger partial charge >= 0.3 is 23.9 Å². The van der Waals surface area contributed by atoms with Gasteiger partial charge in [-0.05, 0) is 116 Å². The number of carbonyl (C=O) groups excluding carboxylic acids is 7. The number of carbonyl (C=O) groups is 7. The molecule has 0 aromatic rings. The molecule has 8 aliphatic heterocycles. The van der Waals surface area contributed by atoms with Crippen LogP contribution in [0, 0.1) is 62.1 Å². The normalized spacial score (nSPS) is 46.2.